The van der Waals surface area contributed by atoms with Crippen LogP contribution in [0.3, 0.4) is 0 Å². The van der Waals surface area contributed by atoms with Gasteiger partial charge in [0.1, 0.15) is 5.69 Å². The van der Waals surface area contributed by atoms with Crippen LogP contribution in [0.4, 0.5) is 0 Å². The van der Waals surface area contributed by atoms with Crippen molar-refractivity contribution in [2.45, 2.75) is 12.3 Å². The first kappa shape index (κ1) is 14.3. The van der Waals surface area contributed by atoms with Gasteiger partial charge in [-0.25, -0.2) is 0 Å². The Morgan fingerprint density at radius 3 is 2.60 bits per heavy atom. The second kappa shape index (κ2) is 6.91. The quantitative estimate of drug-likeness (QED) is 0.844. The second-order valence-electron chi connectivity index (χ2n) is 4.83. The highest BCUT2D eigenvalue weighted by Crippen LogP contribution is 2.18. The van der Waals surface area contributed by atoms with Gasteiger partial charge in [-0.05, 0) is 24.1 Å². The van der Waals surface area contributed by atoms with E-state index in [9.17, 15) is 9.90 Å². The number of rotatable bonds is 6. The van der Waals surface area contributed by atoms with Crippen LogP contribution in [0.5, 0.6) is 0 Å². The van der Waals surface area contributed by atoms with E-state index in [0.29, 0.717) is 18.7 Å². The molecule has 0 bridgehead atoms. The van der Waals surface area contributed by atoms with Crippen molar-refractivity contribution in [2.24, 2.45) is 7.05 Å². The fraction of sp³-hybridized carbons (Fsp3) is 0.312. The van der Waals surface area contributed by atoms with E-state index in [1.165, 1.54) is 0 Å². The van der Waals surface area contributed by atoms with Gasteiger partial charge >= 0.3 is 0 Å². The third kappa shape index (κ3) is 3.48. The number of nitrogens with one attached hydrogen (secondary N) is 1. The topological polar surface area (TPSA) is 54.3 Å². The molecule has 1 aromatic heterocycles. The Kier molecular flexibility index (Phi) is 4.96. The van der Waals surface area contributed by atoms with Gasteiger partial charge in [-0.3, -0.25) is 4.79 Å². The van der Waals surface area contributed by atoms with Crippen molar-refractivity contribution in [3.8, 4) is 0 Å². The van der Waals surface area contributed by atoms with E-state index in [1.807, 2.05) is 49.6 Å². The number of hydrogen-bond donors (Lipinski definition) is 2. The largest absolute Gasteiger partial charge is 0.396 e. The van der Waals surface area contributed by atoms with Crippen LogP contribution < -0.4 is 5.32 Å². The molecule has 106 valence electrons. The zero-order valence-electron chi connectivity index (χ0n) is 11.6. The highest BCUT2D eigenvalue weighted by atomic mass is 16.3. The fourth-order valence-corrected chi connectivity index (χ4v) is 2.27. The summed E-state index contributed by atoms with van der Waals surface area (Å²) in [6.07, 6.45) is 2.48. The summed E-state index contributed by atoms with van der Waals surface area (Å²) in [7, 11) is 1.84. The number of aromatic nitrogens is 1. The van der Waals surface area contributed by atoms with Crippen molar-refractivity contribution in [3.63, 3.8) is 0 Å². The van der Waals surface area contributed by atoms with E-state index in [-0.39, 0.29) is 18.4 Å². The second-order valence-corrected chi connectivity index (χ2v) is 4.83. The van der Waals surface area contributed by atoms with Crippen LogP contribution in [-0.2, 0) is 7.05 Å². The molecule has 2 aromatic rings. The molecule has 1 amide bonds. The van der Waals surface area contributed by atoms with Crippen LogP contribution in [-0.4, -0.2) is 28.7 Å². The van der Waals surface area contributed by atoms with Gasteiger partial charge < -0.3 is 15.0 Å². The molecule has 0 aliphatic rings. The predicted molar refractivity (Wildman–Crippen MR) is 78.6 cm³/mol. The summed E-state index contributed by atoms with van der Waals surface area (Å²) in [6, 6.07) is 13.6. The molecule has 1 aromatic carbocycles. The number of benzene rings is 1. The lowest BCUT2D eigenvalue weighted by molar-refractivity contribution is 0.0941. The molecule has 2 rings (SSSR count). The van der Waals surface area contributed by atoms with E-state index in [4.69, 9.17) is 0 Å². The monoisotopic (exact) mass is 272 g/mol. The molecule has 0 aliphatic carbocycles. The lowest BCUT2D eigenvalue weighted by Gasteiger charge is -2.17. The molecule has 0 saturated carbocycles. The van der Waals surface area contributed by atoms with Gasteiger partial charge in [-0.1, -0.05) is 30.3 Å². The van der Waals surface area contributed by atoms with Gasteiger partial charge in [-0.2, -0.15) is 0 Å². The molecule has 20 heavy (non-hydrogen) atoms. The lowest BCUT2D eigenvalue weighted by Crippen LogP contribution is -2.30. The van der Waals surface area contributed by atoms with Crippen molar-refractivity contribution >= 4 is 5.91 Å². The number of aryl methyl sites for hydroxylation is 1. The molecule has 0 aliphatic heterocycles. The third-order valence-electron chi connectivity index (χ3n) is 3.43. The maximum atomic E-state index is 12.1. The lowest BCUT2D eigenvalue weighted by atomic mass is 9.96. The van der Waals surface area contributed by atoms with Gasteiger partial charge in [0.15, 0.2) is 0 Å². The Hall–Kier alpha value is -2.07. The third-order valence-corrected chi connectivity index (χ3v) is 3.43. The normalized spacial score (nSPS) is 12.1. The number of aliphatic hydroxyl groups excluding tert-OH is 1. The number of amides is 1. The molecule has 1 atom stereocenters. The van der Waals surface area contributed by atoms with E-state index >= 15 is 0 Å². The van der Waals surface area contributed by atoms with Gasteiger partial charge in [0.2, 0.25) is 0 Å². The number of nitrogens with zero attached hydrogens (tertiary/aromatic N) is 1. The molecule has 1 heterocycles. The smallest absolute Gasteiger partial charge is 0.267 e. The number of carbonyl (C=O) groups excluding carboxylic acids is 1. The molecule has 1 unspecified atom stereocenters. The van der Waals surface area contributed by atoms with Crippen LogP contribution >= 0.6 is 0 Å². The number of aliphatic hydroxyl groups is 1. The minimum atomic E-state index is -0.0867. The Balaban J connectivity index is 1.99. The zero-order chi connectivity index (χ0) is 14.4. The summed E-state index contributed by atoms with van der Waals surface area (Å²) in [5, 5.41) is 12.1. The average molecular weight is 272 g/mol. The highest BCUT2D eigenvalue weighted by molar-refractivity contribution is 5.92. The summed E-state index contributed by atoms with van der Waals surface area (Å²) < 4.78 is 1.79. The fourth-order valence-electron chi connectivity index (χ4n) is 2.27. The van der Waals surface area contributed by atoms with Gasteiger partial charge in [0, 0.05) is 32.3 Å². The van der Waals surface area contributed by atoms with Gasteiger partial charge in [-0.15, -0.1) is 0 Å². The van der Waals surface area contributed by atoms with Crippen molar-refractivity contribution in [3.05, 3.63) is 59.9 Å². The highest BCUT2D eigenvalue weighted by Gasteiger charge is 2.14. The van der Waals surface area contributed by atoms with E-state index in [1.54, 1.807) is 10.6 Å². The standard InChI is InChI=1S/C16H20N2O2/c1-18-10-5-8-15(18)16(20)17-12-14(9-11-19)13-6-3-2-4-7-13/h2-8,10,14,19H,9,11-12H2,1H3,(H,17,20). The molecular weight excluding hydrogens is 252 g/mol. The maximum absolute atomic E-state index is 12.1. The Morgan fingerprint density at radius 1 is 1.25 bits per heavy atom. The van der Waals surface area contributed by atoms with Crippen LogP contribution in [0, 0.1) is 0 Å². The summed E-state index contributed by atoms with van der Waals surface area (Å²) in [5.74, 6) is 0.0433. The molecular formula is C16H20N2O2. The van der Waals surface area contributed by atoms with Crippen LogP contribution in [0.2, 0.25) is 0 Å². The SMILES string of the molecule is Cn1cccc1C(=O)NCC(CCO)c1ccccc1. The molecule has 0 saturated heterocycles. The first-order chi connectivity index (χ1) is 9.72. The minimum Gasteiger partial charge on any atom is -0.396 e. The molecule has 2 N–H and O–H groups in total. The maximum Gasteiger partial charge on any atom is 0.267 e. The van der Waals surface area contributed by atoms with E-state index in [0.717, 1.165) is 5.56 Å². The average Bonchev–Trinajstić information content (AvgIpc) is 2.90. The summed E-state index contributed by atoms with van der Waals surface area (Å²) >= 11 is 0. The molecule has 0 fully saturated rings. The molecule has 4 heteroatoms. The number of hydrogen-bond acceptors (Lipinski definition) is 2. The molecule has 0 radical (unpaired) electrons. The van der Waals surface area contributed by atoms with Crippen molar-refractivity contribution in [2.75, 3.05) is 13.2 Å². The Morgan fingerprint density at radius 2 is 2.00 bits per heavy atom. The van der Waals surface area contributed by atoms with Crippen molar-refractivity contribution in [1.29, 1.82) is 0 Å². The zero-order valence-corrected chi connectivity index (χ0v) is 11.6. The molecule has 0 spiro atoms. The summed E-state index contributed by atoms with van der Waals surface area (Å²) in [5.41, 5.74) is 1.77. The van der Waals surface area contributed by atoms with Crippen LogP contribution in [0.25, 0.3) is 0 Å². The van der Waals surface area contributed by atoms with E-state index in [2.05, 4.69) is 5.32 Å². The first-order valence-electron chi connectivity index (χ1n) is 6.77. The van der Waals surface area contributed by atoms with Crippen LogP contribution in [0.15, 0.2) is 48.7 Å². The minimum absolute atomic E-state index is 0.0867. The first-order valence-corrected chi connectivity index (χ1v) is 6.77. The molecule has 4 nitrogen and oxygen atoms in total. The summed E-state index contributed by atoms with van der Waals surface area (Å²) in [4.78, 5) is 12.1. The van der Waals surface area contributed by atoms with Crippen molar-refractivity contribution in [1.82, 2.24) is 9.88 Å². The van der Waals surface area contributed by atoms with Crippen molar-refractivity contribution < 1.29 is 9.90 Å². The van der Waals surface area contributed by atoms with Gasteiger partial charge in [0.25, 0.3) is 5.91 Å². The van der Waals surface area contributed by atoms with Crippen LogP contribution in [0.1, 0.15) is 28.4 Å². The van der Waals surface area contributed by atoms with Gasteiger partial charge in [0.05, 0.1) is 0 Å². The summed E-state index contributed by atoms with van der Waals surface area (Å²) in [6.45, 7) is 0.633. The van der Waals surface area contributed by atoms with E-state index < -0.39 is 0 Å². The Labute approximate surface area is 119 Å². The predicted octanol–water partition coefficient (Wildman–Crippen LogP) is 1.92. The Bertz CT molecular complexity index is 549. The number of carbonyl (C=O) groups is 1.